The van der Waals surface area contributed by atoms with Gasteiger partial charge in [-0.05, 0) is 63.3 Å². The summed E-state index contributed by atoms with van der Waals surface area (Å²) < 4.78 is 0. The molecule has 1 aliphatic rings. The van der Waals surface area contributed by atoms with Crippen LogP contribution in [0.15, 0.2) is 10.9 Å². The van der Waals surface area contributed by atoms with E-state index in [1.54, 1.807) is 6.92 Å². The van der Waals surface area contributed by atoms with Gasteiger partial charge < -0.3 is 4.98 Å². The van der Waals surface area contributed by atoms with E-state index in [0.717, 1.165) is 54.0 Å². The van der Waals surface area contributed by atoms with Crippen LogP contribution < -0.4 is 5.56 Å². The van der Waals surface area contributed by atoms with E-state index in [9.17, 15) is 9.59 Å². The first-order valence-corrected chi connectivity index (χ1v) is 9.19. The Hall–Kier alpha value is -2.27. The van der Waals surface area contributed by atoms with Crippen molar-refractivity contribution in [2.24, 2.45) is 0 Å². The van der Waals surface area contributed by atoms with Crippen LogP contribution >= 0.6 is 0 Å². The number of nitrogens with zero attached hydrogens (tertiary/aromatic N) is 2. The van der Waals surface area contributed by atoms with E-state index in [2.05, 4.69) is 27.9 Å². The summed E-state index contributed by atoms with van der Waals surface area (Å²) in [5, 5.41) is 0. The molecule has 0 spiro atoms. The zero-order valence-corrected chi connectivity index (χ0v) is 16.3. The first-order valence-electron chi connectivity index (χ1n) is 9.19. The molecule has 0 bridgehead atoms. The quantitative estimate of drug-likeness (QED) is 0.862. The number of carbonyl (C=O) groups is 1. The van der Waals surface area contributed by atoms with Crippen LogP contribution in [0.4, 0.5) is 0 Å². The van der Waals surface area contributed by atoms with Crippen molar-refractivity contribution in [3.63, 3.8) is 0 Å². The maximum absolute atomic E-state index is 12.2. The van der Waals surface area contributed by atoms with Crippen molar-refractivity contribution in [3.8, 4) is 0 Å². The number of nitrogens with one attached hydrogen (secondary N) is 1. The van der Waals surface area contributed by atoms with Crippen molar-refractivity contribution in [3.05, 3.63) is 61.3 Å². The highest BCUT2D eigenvalue weighted by molar-refractivity contribution is 5.97. The van der Waals surface area contributed by atoms with Gasteiger partial charge in [-0.1, -0.05) is 6.07 Å². The van der Waals surface area contributed by atoms with Gasteiger partial charge in [0.05, 0.1) is 5.69 Å². The fourth-order valence-electron chi connectivity index (χ4n) is 4.17. The molecule has 2 heterocycles. The minimum atomic E-state index is -0.00378. The van der Waals surface area contributed by atoms with Crippen molar-refractivity contribution in [1.82, 2.24) is 14.9 Å². The molecular weight excluding hydrogens is 326 g/mol. The molecule has 26 heavy (non-hydrogen) atoms. The highest BCUT2D eigenvalue weighted by atomic mass is 16.1. The van der Waals surface area contributed by atoms with Crippen LogP contribution in [0, 0.1) is 27.7 Å². The highest BCUT2D eigenvalue weighted by Crippen LogP contribution is 2.25. The van der Waals surface area contributed by atoms with Crippen LogP contribution in [-0.2, 0) is 19.4 Å². The summed E-state index contributed by atoms with van der Waals surface area (Å²) in [6.07, 6.45) is 1.49. The molecule has 5 nitrogen and oxygen atoms in total. The normalized spacial score (nSPS) is 14.8. The molecule has 0 unspecified atom stereocenters. The first kappa shape index (κ1) is 18.5. The van der Waals surface area contributed by atoms with E-state index in [1.165, 1.54) is 11.1 Å². The Morgan fingerprint density at radius 1 is 1.15 bits per heavy atom. The van der Waals surface area contributed by atoms with E-state index in [1.807, 2.05) is 20.8 Å². The monoisotopic (exact) mass is 353 g/mol. The maximum atomic E-state index is 12.2. The van der Waals surface area contributed by atoms with Crippen molar-refractivity contribution >= 4 is 5.78 Å². The Morgan fingerprint density at radius 3 is 2.54 bits per heavy atom. The van der Waals surface area contributed by atoms with E-state index in [0.29, 0.717) is 12.2 Å². The zero-order valence-electron chi connectivity index (χ0n) is 16.3. The summed E-state index contributed by atoms with van der Waals surface area (Å²) in [5.41, 5.74) is 7.17. The van der Waals surface area contributed by atoms with Gasteiger partial charge in [0, 0.05) is 37.2 Å². The molecule has 1 aliphatic heterocycles. The molecule has 1 N–H and O–H groups in total. The summed E-state index contributed by atoms with van der Waals surface area (Å²) >= 11 is 0. The van der Waals surface area contributed by atoms with E-state index < -0.39 is 0 Å². The summed E-state index contributed by atoms with van der Waals surface area (Å²) in [7, 11) is 0. The standard InChI is InChI=1S/C21H27N3O2/c1-12-10-13(2)20(15(4)25)14(3)18(12)11-24-8-6-17-19(7-9-24)22-16(5)23-21(17)26/h10H,6-9,11H2,1-5H3,(H,22,23,26). The molecule has 0 radical (unpaired) electrons. The second-order valence-electron chi connectivity index (χ2n) is 7.40. The van der Waals surface area contributed by atoms with Crippen LogP contribution in [-0.4, -0.2) is 33.7 Å². The molecule has 0 amide bonds. The van der Waals surface area contributed by atoms with Gasteiger partial charge in [0.25, 0.3) is 5.56 Å². The number of aryl methyl sites for hydroxylation is 3. The van der Waals surface area contributed by atoms with Crippen molar-refractivity contribution < 1.29 is 4.79 Å². The third kappa shape index (κ3) is 3.49. The van der Waals surface area contributed by atoms with E-state index in [4.69, 9.17) is 0 Å². The second-order valence-corrected chi connectivity index (χ2v) is 7.40. The molecular formula is C21H27N3O2. The SMILES string of the molecule is CC(=O)c1c(C)cc(C)c(CN2CCc3nc(C)[nH]c(=O)c3CC2)c1C. The number of aromatic amines is 1. The topological polar surface area (TPSA) is 66.1 Å². The fraction of sp³-hybridized carbons (Fsp3) is 0.476. The smallest absolute Gasteiger partial charge is 0.254 e. The third-order valence-corrected chi connectivity index (χ3v) is 5.43. The Labute approximate surface area is 154 Å². The van der Waals surface area contributed by atoms with Crippen LogP contribution in [0.5, 0.6) is 0 Å². The number of rotatable bonds is 3. The Balaban J connectivity index is 1.88. The van der Waals surface area contributed by atoms with Crippen molar-refractivity contribution in [2.45, 2.75) is 54.0 Å². The number of benzene rings is 1. The van der Waals surface area contributed by atoms with Gasteiger partial charge in [0.1, 0.15) is 5.82 Å². The van der Waals surface area contributed by atoms with E-state index >= 15 is 0 Å². The molecule has 0 fully saturated rings. The predicted octanol–water partition coefficient (Wildman–Crippen LogP) is 2.81. The average Bonchev–Trinajstić information content (AvgIpc) is 2.73. The number of H-pyrrole nitrogens is 1. The predicted molar refractivity (Wildman–Crippen MR) is 103 cm³/mol. The zero-order chi connectivity index (χ0) is 19.0. The molecule has 3 rings (SSSR count). The maximum Gasteiger partial charge on any atom is 0.254 e. The Morgan fingerprint density at radius 2 is 1.85 bits per heavy atom. The van der Waals surface area contributed by atoms with Crippen LogP contribution in [0.3, 0.4) is 0 Å². The van der Waals surface area contributed by atoms with Crippen LogP contribution in [0.2, 0.25) is 0 Å². The molecule has 0 saturated carbocycles. The van der Waals surface area contributed by atoms with Gasteiger partial charge >= 0.3 is 0 Å². The summed E-state index contributed by atoms with van der Waals surface area (Å²) in [6.45, 7) is 12.1. The number of hydrogen-bond donors (Lipinski definition) is 1. The molecule has 5 heteroatoms. The second kappa shape index (κ2) is 7.16. The lowest BCUT2D eigenvalue weighted by Gasteiger charge is -2.24. The van der Waals surface area contributed by atoms with E-state index in [-0.39, 0.29) is 11.3 Å². The Bertz CT molecular complexity index is 928. The van der Waals surface area contributed by atoms with Gasteiger partial charge in [-0.25, -0.2) is 4.98 Å². The molecule has 138 valence electrons. The average molecular weight is 353 g/mol. The lowest BCUT2D eigenvalue weighted by atomic mass is 9.91. The lowest BCUT2D eigenvalue weighted by molar-refractivity contribution is 0.101. The van der Waals surface area contributed by atoms with Crippen molar-refractivity contribution in [2.75, 3.05) is 13.1 Å². The van der Waals surface area contributed by atoms with Gasteiger partial charge in [0.15, 0.2) is 5.78 Å². The number of Topliss-reactive ketones (excluding diaryl/α,β-unsaturated/α-hetero) is 1. The van der Waals surface area contributed by atoms with Gasteiger partial charge in [0.2, 0.25) is 0 Å². The molecule has 2 aromatic rings. The van der Waals surface area contributed by atoms with Crippen LogP contribution in [0.25, 0.3) is 0 Å². The molecule has 0 atom stereocenters. The minimum absolute atomic E-state index is 0.00378. The summed E-state index contributed by atoms with van der Waals surface area (Å²) in [5.74, 6) is 0.800. The Kier molecular flexibility index (Phi) is 5.10. The minimum Gasteiger partial charge on any atom is -0.311 e. The van der Waals surface area contributed by atoms with Gasteiger partial charge in [-0.3, -0.25) is 14.5 Å². The number of aromatic nitrogens is 2. The number of ketones is 1. The lowest BCUT2D eigenvalue weighted by Crippen LogP contribution is -2.27. The van der Waals surface area contributed by atoms with Crippen molar-refractivity contribution in [1.29, 1.82) is 0 Å². The number of hydrogen-bond acceptors (Lipinski definition) is 4. The third-order valence-electron chi connectivity index (χ3n) is 5.43. The van der Waals surface area contributed by atoms with Gasteiger partial charge in [-0.15, -0.1) is 0 Å². The van der Waals surface area contributed by atoms with Crippen LogP contribution in [0.1, 0.15) is 56.6 Å². The molecule has 1 aromatic heterocycles. The first-order chi connectivity index (χ1) is 12.3. The molecule has 0 saturated heterocycles. The number of carbonyl (C=O) groups excluding carboxylic acids is 1. The largest absolute Gasteiger partial charge is 0.311 e. The number of fused-ring (bicyclic) bond motifs is 1. The molecule has 0 aliphatic carbocycles. The highest BCUT2D eigenvalue weighted by Gasteiger charge is 2.21. The summed E-state index contributed by atoms with van der Waals surface area (Å²) in [4.78, 5) is 34.0. The van der Waals surface area contributed by atoms with Gasteiger partial charge in [-0.2, -0.15) is 0 Å². The fourth-order valence-corrected chi connectivity index (χ4v) is 4.17. The molecule has 1 aromatic carbocycles. The summed E-state index contributed by atoms with van der Waals surface area (Å²) in [6, 6.07) is 2.11.